The second-order valence-corrected chi connectivity index (χ2v) is 10.4. The summed E-state index contributed by atoms with van der Waals surface area (Å²) in [5.41, 5.74) is 2.81. The predicted molar refractivity (Wildman–Crippen MR) is 145 cm³/mol. The molecule has 0 fully saturated rings. The van der Waals surface area contributed by atoms with Crippen LogP contribution in [0.25, 0.3) is 10.1 Å². The first kappa shape index (κ1) is 23.9. The molecule has 0 atom stereocenters. The van der Waals surface area contributed by atoms with E-state index in [1.807, 2.05) is 64.1 Å². The number of rotatable bonds is 8. The molecular weight excluding hydrogens is 534 g/mol. The topological polar surface area (TPSA) is 74.8 Å². The fraction of sp³-hybridized carbons (Fsp3) is 0.143. The van der Waals surface area contributed by atoms with Gasteiger partial charge in [0.05, 0.1) is 29.6 Å². The number of halogens is 1. The highest BCUT2D eigenvalue weighted by Crippen LogP contribution is 2.27. The van der Waals surface area contributed by atoms with Gasteiger partial charge in [-0.2, -0.15) is 5.26 Å². The van der Waals surface area contributed by atoms with Gasteiger partial charge in [-0.05, 0) is 59.3 Å². The standard InChI is InChI=1S/C28H22BrN5OS/c29-24-11-9-20(10-12-24)13-14-33(28(35)26-15-23-3-1-2-4-25(23)36-26)18-27-32-31-19-34(27)17-22-7-5-21(16-30)6-8-22/h1-12,15,19H,13-14,17-18H2. The third kappa shape index (κ3) is 5.54. The van der Waals surface area contributed by atoms with E-state index in [0.717, 1.165) is 32.1 Å². The van der Waals surface area contributed by atoms with Crippen LogP contribution in [-0.4, -0.2) is 32.1 Å². The van der Waals surface area contributed by atoms with Gasteiger partial charge in [-0.15, -0.1) is 21.5 Å². The van der Waals surface area contributed by atoms with Gasteiger partial charge < -0.3 is 9.47 Å². The summed E-state index contributed by atoms with van der Waals surface area (Å²) >= 11 is 5.00. The molecule has 0 aliphatic carbocycles. The molecular formula is C28H22BrN5OS. The van der Waals surface area contributed by atoms with Gasteiger partial charge in [0.15, 0.2) is 5.82 Å². The molecule has 2 heterocycles. The van der Waals surface area contributed by atoms with Crippen molar-refractivity contribution in [2.45, 2.75) is 19.5 Å². The Morgan fingerprint density at radius 1 is 1.03 bits per heavy atom. The van der Waals surface area contributed by atoms with E-state index in [1.54, 1.807) is 18.5 Å². The van der Waals surface area contributed by atoms with Crippen LogP contribution in [0.3, 0.4) is 0 Å². The lowest BCUT2D eigenvalue weighted by Gasteiger charge is -2.22. The summed E-state index contributed by atoms with van der Waals surface area (Å²) in [7, 11) is 0. The van der Waals surface area contributed by atoms with Crippen molar-refractivity contribution in [2.24, 2.45) is 0 Å². The summed E-state index contributed by atoms with van der Waals surface area (Å²) in [6.45, 7) is 1.46. The van der Waals surface area contributed by atoms with Crippen molar-refractivity contribution in [3.8, 4) is 6.07 Å². The van der Waals surface area contributed by atoms with Crippen LogP contribution in [0, 0.1) is 11.3 Å². The van der Waals surface area contributed by atoms with E-state index in [-0.39, 0.29) is 5.91 Å². The van der Waals surface area contributed by atoms with Crippen molar-refractivity contribution in [2.75, 3.05) is 6.54 Å². The summed E-state index contributed by atoms with van der Waals surface area (Å²) in [5.74, 6) is 0.700. The Balaban J connectivity index is 1.39. The lowest BCUT2D eigenvalue weighted by atomic mass is 10.1. The minimum absolute atomic E-state index is 0.0127. The van der Waals surface area contributed by atoms with Gasteiger partial charge in [0.25, 0.3) is 5.91 Å². The highest BCUT2D eigenvalue weighted by molar-refractivity contribution is 9.10. The number of thiophene rings is 1. The Morgan fingerprint density at radius 3 is 2.53 bits per heavy atom. The minimum atomic E-state index is -0.0127. The van der Waals surface area contributed by atoms with E-state index >= 15 is 0 Å². The van der Waals surface area contributed by atoms with Gasteiger partial charge in [-0.1, -0.05) is 58.4 Å². The van der Waals surface area contributed by atoms with Crippen LogP contribution < -0.4 is 0 Å². The first-order chi connectivity index (χ1) is 17.6. The lowest BCUT2D eigenvalue weighted by Crippen LogP contribution is -2.33. The van der Waals surface area contributed by atoms with E-state index < -0.39 is 0 Å². The zero-order chi connectivity index (χ0) is 24.9. The molecule has 36 heavy (non-hydrogen) atoms. The lowest BCUT2D eigenvalue weighted by molar-refractivity contribution is 0.0744. The van der Waals surface area contributed by atoms with Crippen LogP contribution in [-0.2, 0) is 19.5 Å². The third-order valence-corrected chi connectivity index (χ3v) is 7.60. The van der Waals surface area contributed by atoms with Gasteiger partial charge in [-0.25, -0.2) is 0 Å². The van der Waals surface area contributed by atoms with Crippen LogP contribution in [0.5, 0.6) is 0 Å². The Labute approximate surface area is 221 Å². The smallest absolute Gasteiger partial charge is 0.264 e. The van der Waals surface area contributed by atoms with E-state index in [9.17, 15) is 4.79 Å². The van der Waals surface area contributed by atoms with Gasteiger partial charge >= 0.3 is 0 Å². The maximum atomic E-state index is 13.7. The van der Waals surface area contributed by atoms with Crippen LogP contribution >= 0.6 is 27.3 Å². The van der Waals surface area contributed by atoms with E-state index in [1.165, 1.54) is 11.3 Å². The molecule has 0 saturated carbocycles. The van der Waals surface area contributed by atoms with Crippen molar-refractivity contribution in [1.29, 1.82) is 5.26 Å². The van der Waals surface area contributed by atoms with Crippen molar-refractivity contribution < 1.29 is 4.79 Å². The molecule has 5 aromatic rings. The zero-order valence-corrected chi connectivity index (χ0v) is 21.7. The number of aromatic nitrogens is 3. The number of benzene rings is 3. The monoisotopic (exact) mass is 555 g/mol. The molecule has 0 bridgehead atoms. The van der Waals surface area contributed by atoms with Crippen molar-refractivity contribution in [3.05, 3.63) is 117 Å². The molecule has 0 saturated heterocycles. The number of amides is 1. The molecule has 0 N–H and O–H groups in total. The van der Waals surface area contributed by atoms with E-state index in [4.69, 9.17) is 5.26 Å². The van der Waals surface area contributed by atoms with Gasteiger partial charge in [-0.3, -0.25) is 4.79 Å². The zero-order valence-electron chi connectivity index (χ0n) is 19.3. The molecule has 178 valence electrons. The van der Waals surface area contributed by atoms with Crippen LogP contribution in [0.4, 0.5) is 0 Å². The largest absolute Gasteiger partial charge is 0.330 e. The Bertz CT molecular complexity index is 1500. The molecule has 0 unspecified atom stereocenters. The molecule has 0 aliphatic heterocycles. The molecule has 8 heteroatoms. The molecule has 5 rings (SSSR count). The van der Waals surface area contributed by atoms with E-state index in [2.05, 4.69) is 44.3 Å². The second kappa shape index (κ2) is 10.9. The molecule has 6 nitrogen and oxygen atoms in total. The fourth-order valence-electron chi connectivity index (χ4n) is 4.00. The van der Waals surface area contributed by atoms with E-state index in [0.29, 0.717) is 35.9 Å². The summed E-state index contributed by atoms with van der Waals surface area (Å²) in [4.78, 5) is 16.3. The number of nitrogens with zero attached hydrogens (tertiary/aromatic N) is 5. The van der Waals surface area contributed by atoms with Crippen molar-refractivity contribution in [3.63, 3.8) is 0 Å². The Kier molecular flexibility index (Phi) is 7.21. The number of hydrogen-bond donors (Lipinski definition) is 0. The highest BCUT2D eigenvalue weighted by Gasteiger charge is 2.21. The maximum Gasteiger partial charge on any atom is 0.264 e. The summed E-state index contributed by atoms with van der Waals surface area (Å²) in [6, 6.07) is 27.8. The summed E-state index contributed by atoms with van der Waals surface area (Å²) in [5, 5.41) is 18.6. The van der Waals surface area contributed by atoms with Crippen LogP contribution in [0.15, 0.2) is 89.7 Å². The number of nitriles is 1. The predicted octanol–water partition coefficient (Wildman–Crippen LogP) is 6.06. The normalized spacial score (nSPS) is 10.9. The quantitative estimate of drug-likeness (QED) is 0.233. The maximum absolute atomic E-state index is 13.7. The molecule has 3 aromatic carbocycles. The Morgan fingerprint density at radius 2 is 1.78 bits per heavy atom. The fourth-order valence-corrected chi connectivity index (χ4v) is 5.29. The number of carbonyl (C=O) groups excluding carboxylic acids is 1. The molecule has 0 aliphatic rings. The first-order valence-corrected chi connectivity index (χ1v) is 13.1. The third-order valence-electron chi connectivity index (χ3n) is 5.97. The number of carbonyl (C=O) groups is 1. The average molecular weight is 556 g/mol. The molecule has 2 aromatic heterocycles. The van der Waals surface area contributed by atoms with Gasteiger partial charge in [0, 0.05) is 15.7 Å². The minimum Gasteiger partial charge on any atom is -0.330 e. The number of hydrogen-bond acceptors (Lipinski definition) is 5. The van der Waals surface area contributed by atoms with Crippen LogP contribution in [0.1, 0.15) is 32.2 Å². The first-order valence-electron chi connectivity index (χ1n) is 11.5. The summed E-state index contributed by atoms with van der Waals surface area (Å²) in [6.07, 6.45) is 2.41. The second-order valence-electron chi connectivity index (χ2n) is 8.44. The van der Waals surface area contributed by atoms with Gasteiger partial charge in [0.2, 0.25) is 0 Å². The Hall–Kier alpha value is -3.80. The molecule has 1 amide bonds. The SMILES string of the molecule is N#Cc1ccc(Cn2cnnc2CN(CCc2ccc(Br)cc2)C(=O)c2cc3ccccc3s2)cc1. The van der Waals surface area contributed by atoms with Crippen LogP contribution in [0.2, 0.25) is 0 Å². The summed E-state index contributed by atoms with van der Waals surface area (Å²) < 4.78 is 4.07. The average Bonchev–Trinajstić information content (AvgIpc) is 3.54. The van der Waals surface area contributed by atoms with Crippen molar-refractivity contribution >= 4 is 43.3 Å². The van der Waals surface area contributed by atoms with Crippen molar-refractivity contribution in [1.82, 2.24) is 19.7 Å². The number of fused-ring (bicyclic) bond motifs is 1. The molecule has 0 radical (unpaired) electrons. The highest BCUT2D eigenvalue weighted by atomic mass is 79.9. The van der Waals surface area contributed by atoms with Gasteiger partial charge in [0.1, 0.15) is 6.33 Å². The molecule has 0 spiro atoms.